The summed E-state index contributed by atoms with van der Waals surface area (Å²) in [5, 5.41) is 3.30. The Kier molecular flexibility index (Phi) is 7.32. The van der Waals surface area contributed by atoms with E-state index in [4.69, 9.17) is 16.3 Å². The standard InChI is InChI=1S/C22H21ClN2O4S/c23-18-11-13-20(14-12-18)29-16-15-24-22(26)17-25(19-7-3-1-4-8-19)30(27,28)21-9-5-2-6-10-21/h1-14H,15-17H2,(H,24,26). The summed E-state index contributed by atoms with van der Waals surface area (Å²) in [6.45, 7) is 0.127. The van der Waals surface area contributed by atoms with E-state index in [2.05, 4.69) is 5.32 Å². The summed E-state index contributed by atoms with van der Waals surface area (Å²) in [7, 11) is -3.90. The number of carbonyl (C=O) groups is 1. The van der Waals surface area contributed by atoms with Gasteiger partial charge >= 0.3 is 0 Å². The van der Waals surface area contributed by atoms with Gasteiger partial charge in [-0.1, -0.05) is 48.0 Å². The van der Waals surface area contributed by atoms with E-state index in [0.717, 1.165) is 4.31 Å². The van der Waals surface area contributed by atoms with Gasteiger partial charge in [0.05, 0.1) is 17.1 Å². The van der Waals surface area contributed by atoms with Gasteiger partial charge < -0.3 is 10.1 Å². The summed E-state index contributed by atoms with van der Waals surface area (Å²) in [6, 6.07) is 23.4. The Balaban J connectivity index is 1.64. The molecule has 1 amide bonds. The van der Waals surface area contributed by atoms with Crippen LogP contribution in [0.1, 0.15) is 0 Å². The lowest BCUT2D eigenvalue weighted by Crippen LogP contribution is -2.41. The topological polar surface area (TPSA) is 75.7 Å². The van der Waals surface area contributed by atoms with Crippen molar-refractivity contribution in [1.82, 2.24) is 5.32 Å². The first-order valence-corrected chi connectivity index (χ1v) is 11.1. The zero-order chi connectivity index (χ0) is 21.4. The summed E-state index contributed by atoms with van der Waals surface area (Å²) < 4.78 is 32.9. The summed E-state index contributed by atoms with van der Waals surface area (Å²) in [6.07, 6.45) is 0. The number of hydrogen-bond acceptors (Lipinski definition) is 4. The van der Waals surface area contributed by atoms with Gasteiger partial charge in [-0.2, -0.15) is 0 Å². The third-order valence-electron chi connectivity index (χ3n) is 4.17. The third kappa shape index (κ3) is 5.75. The number of nitrogens with zero attached hydrogens (tertiary/aromatic N) is 1. The lowest BCUT2D eigenvalue weighted by molar-refractivity contribution is -0.119. The Morgan fingerprint density at radius 3 is 2.13 bits per heavy atom. The van der Waals surface area contributed by atoms with Crippen LogP contribution in [-0.4, -0.2) is 34.0 Å². The molecule has 0 fully saturated rings. The Bertz CT molecular complexity index is 1060. The Labute approximate surface area is 181 Å². The van der Waals surface area contributed by atoms with Crippen molar-refractivity contribution in [2.75, 3.05) is 24.0 Å². The quantitative estimate of drug-likeness (QED) is 0.510. The second-order valence-electron chi connectivity index (χ2n) is 6.31. The molecule has 0 saturated carbocycles. The minimum absolute atomic E-state index is 0.118. The number of rotatable bonds is 9. The van der Waals surface area contributed by atoms with Gasteiger partial charge in [0.15, 0.2) is 0 Å². The fourth-order valence-corrected chi connectivity index (χ4v) is 4.27. The zero-order valence-electron chi connectivity index (χ0n) is 16.1. The monoisotopic (exact) mass is 444 g/mol. The van der Waals surface area contributed by atoms with Crippen LogP contribution in [0, 0.1) is 0 Å². The van der Waals surface area contributed by atoms with Crippen LogP contribution in [0.15, 0.2) is 89.8 Å². The molecule has 3 aromatic carbocycles. The summed E-state index contributed by atoms with van der Waals surface area (Å²) in [4.78, 5) is 12.6. The maximum Gasteiger partial charge on any atom is 0.264 e. The summed E-state index contributed by atoms with van der Waals surface area (Å²) in [5.74, 6) is 0.198. The fraction of sp³-hybridized carbons (Fsp3) is 0.136. The molecule has 3 rings (SSSR count). The number of anilines is 1. The van der Waals surface area contributed by atoms with Crippen LogP contribution in [0.5, 0.6) is 5.75 Å². The van der Waals surface area contributed by atoms with Crippen LogP contribution in [-0.2, 0) is 14.8 Å². The van der Waals surface area contributed by atoms with Gasteiger partial charge in [-0.15, -0.1) is 0 Å². The largest absolute Gasteiger partial charge is 0.492 e. The number of para-hydroxylation sites is 1. The van der Waals surface area contributed by atoms with E-state index in [1.54, 1.807) is 72.8 Å². The van der Waals surface area contributed by atoms with Gasteiger partial charge in [-0.05, 0) is 48.5 Å². The molecule has 156 valence electrons. The van der Waals surface area contributed by atoms with Crippen molar-refractivity contribution in [3.8, 4) is 5.75 Å². The molecule has 0 saturated heterocycles. The third-order valence-corrected chi connectivity index (χ3v) is 6.21. The van der Waals surface area contributed by atoms with Crippen LogP contribution < -0.4 is 14.4 Å². The van der Waals surface area contributed by atoms with Gasteiger partial charge in [0.25, 0.3) is 10.0 Å². The van der Waals surface area contributed by atoms with Crippen LogP contribution >= 0.6 is 11.6 Å². The Hall–Kier alpha value is -3.03. The molecule has 0 aliphatic heterocycles. The van der Waals surface area contributed by atoms with E-state index in [9.17, 15) is 13.2 Å². The molecule has 1 N–H and O–H groups in total. The van der Waals surface area contributed by atoms with Crippen LogP contribution in [0.25, 0.3) is 0 Å². The van der Waals surface area contributed by atoms with Gasteiger partial charge in [0.1, 0.15) is 18.9 Å². The summed E-state index contributed by atoms with van der Waals surface area (Å²) >= 11 is 5.83. The predicted octanol–water partition coefficient (Wildman–Crippen LogP) is 3.73. The minimum atomic E-state index is -3.90. The van der Waals surface area contributed by atoms with Crippen molar-refractivity contribution in [2.24, 2.45) is 0 Å². The van der Waals surface area contributed by atoms with E-state index in [-0.39, 0.29) is 24.6 Å². The number of nitrogens with one attached hydrogen (secondary N) is 1. The molecule has 0 aliphatic rings. The van der Waals surface area contributed by atoms with E-state index < -0.39 is 15.9 Å². The van der Waals surface area contributed by atoms with Gasteiger partial charge in [-0.25, -0.2) is 8.42 Å². The lowest BCUT2D eigenvalue weighted by Gasteiger charge is -2.24. The number of benzene rings is 3. The van der Waals surface area contributed by atoms with Crippen molar-refractivity contribution in [2.45, 2.75) is 4.90 Å². The maximum absolute atomic E-state index is 13.1. The highest BCUT2D eigenvalue weighted by atomic mass is 35.5. The molecule has 0 atom stereocenters. The van der Waals surface area contributed by atoms with E-state index in [1.807, 2.05) is 0 Å². The van der Waals surface area contributed by atoms with E-state index in [1.165, 1.54) is 12.1 Å². The average molecular weight is 445 g/mol. The molecule has 30 heavy (non-hydrogen) atoms. The highest BCUT2D eigenvalue weighted by molar-refractivity contribution is 7.92. The molecule has 0 heterocycles. The predicted molar refractivity (Wildman–Crippen MR) is 117 cm³/mol. The average Bonchev–Trinajstić information content (AvgIpc) is 2.77. The molecule has 0 unspecified atom stereocenters. The molecule has 0 aromatic heterocycles. The SMILES string of the molecule is O=C(CN(c1ccccc1)S(=O)(=O)c1ccccc1)NCCOc1ccc(Cl)cc1. The normalized spacial score (nSPS) is 11.0. The highest BCUT2D eigenvalue weighted by Gasteiger charge is 2.26. The molecule has 8 heteroatoms. The molecule has 0 bridgehead atoms. The van der Waals surface area contributed by atoms with Crippen molar-refractivity contribution in [3.05, 3.63) is 90.0 Å². The first-order chi connectivity index (χ1) is 14.5. The number of sulfonamides is 1. The molecular formula is C22H21ClN2O4S. The molecule has 0 radical (unpaired) electrons. The Morgan fingerprint density at radius 1 is 0.900 bits per heavy atom. The Morgan fingerprint density at radius 2 is 1.50 bits per heavy atom. The maximum atomic E-state index is 13.1. The smallest absolute Gasteiger partial charge is 0.264 e. The second kappa shape index (κ2) is 10.1. The molecule has 0 spiro atoms. The highest BCUT2D eigenvalue weighted by Crippen LogP contribution is 2.23. The first kappa shape index (κ1) is 21.7. The van der Waals surface area contributed by atoms with Crippen molar-refractivity contribution < 1.29 is 17.9 Å². The van der Waals surface area contributed by atoms with E-state index >= 15 is 0 Å². The molecular weight excluding hydrogens is 424 g/mol. The van der Waals surface area contributed by atoms with Crippen LogP contribution in [0.3, 0.4) is 0 Å². The van der Waals surface area contributed by atoms with E-state index in [0.29, 0.717) is 16.5 Å². The number of carbonyl (C=O) groups excluding carboxylic acids is 1. The van der Waals surface area contributed by atoms with Crippen LogP contribution in [0.4, 0.5) is 5.69 Å². The number of hydrogen-bond donors (Lipinski definition) is 1. The number of amides is 1. The van der Waals surface area contributed by atoms with Crippen molar-refractivity contribution in [1.29, 1.82) is 0 Å². The fourth-order valence-electron chi connectivity index (χ4n) is 2.71. The summed E-state index contributed by atoms with van der Waals surface area (Å²) in [5.41, 5.74) is 0.411. The van der Waals surface area contributed by atoms with Gasteiger partial charge in [-0.3, -0.25) is 9.10 Å². The molecule has 6 nitrogen and oxygen atoms in total. The van der Waals surface area contributed by atoms with Crippen molar-refractivity contribution >= 4 is 33.2 Å². The second-order valence-corrected chi connectivity index (χ2v) is 8.61. The van der Waals surface area contributed by atoms with Crippen molar-refractivity contribution in [3.63, 3.8) is 0 Å². The number of ether oxygens (including phenoxy) is 1. The zero-order valence-corrected chi connectivity index (χ0v) is 17.6. The minimum Gasteiger partial charge on any atom is -0.492 e. The molecule has 3 aromatic rings. The number of halogens is 1. The van der Waals surface area contributed by atoms with Gasteiger partial charge in [0, 0.05) is 5.02 Å². The molecule has 0 aliphatic carbocycles. The van der Waals surface area contributed by atoms with Crippen LogP contribution in [0.2, 0.25) is 5.02 Å². The first-order valence-electron chi connectivity index (χ1n) is 9.25. The lowest BCUT2D eigenvalue weighted by atomic mass is 10.3. The van der Waals surface area contributed by atoms with Gasteiger partial charge in [0.2, 0.25) is 5.91 Å².